The molecule has 1 aromatic heterocycles. The maximum atomic E-state index is 11.7. The van der Waals surface area contributed by atoms with Crippen molar-refractivity contribution in [2.75, 3.05) is 12.4 Å². The van der Waals surface area contributed by atoms with Gasteiger partial charge in [-0.15, -0.1) is 5.10 Å². The molecule has 11 nitrogen and oxygen atoms in total. The van der Waals surface area contributed by atoms with Gasteiger partial charge in [0.15, 0.2) is 6.29 Å². The Labute approximate surface area is 247 Å². The number of alkyl carbamates (subject to hydrolysis) is 1. The molecule has 12 heteroatoms. The summed E-state index contributed by atoms with van der Waals surface area (Å²) in [6.45, 7) is 3.97. The van der Waals surface area contributed by atoms with E-state index < -0.39 is 12.4 Å². The van der Waals surface area contributed by atoms with E-state index in [4.69, 9.17) is 14.2 Å². The summed E-state index contributed by atoms with van der Waals surface area (Å²) in [6.07, 6.45) is 0.552. The molecule has 0 aliphatic carbocycles. The number of thioether (sulfide) groups is 1. The first-order valence-electron chi connectivity index (χ1n) is 13.3. The van der Waals surface area contributed by atoms with Crippen LogP contribution in [0.3, 0.4) is 0 Å². The predicted octanol–water partition coefficient (Wildman–Crippen LogP) is 4.61. The normalized spacial score (nSPS) is 18.4. The monoisotopic (exact) mass is 589 g/mol. The highest BCUT2D eigenvalue weighted by Gasteiger charge is 2.32. The van der Waals surface area contributed by atoms with Gasteiger partial charge in [-0.05, 0) is 51.4 Å². The Morgan fingerprint density at radius 2 is 1.76 bits per heavy atom. The average Bonchev–Trinajstić information content (AvgIpc) is 3.51. The first-order chi connectivity index (χ1) is 20.5. The number of hydrogen-bond acceptors (Lipinski definition) is 10. The van der Waals surface area contributed by atoms with Crippen molar-refractivity contribution in [1.82, 2.24) is 25.5 Å². The van der Waals surface area contributed by atoms with Crippen LogP contribution in [0.25, 0.3) is 5.69 Å². The largest absolute Gasteiger partial charge is 0.508 e. The van der Waals surface area contributed by atoms with Crippen molar-refractivity contribution in [3.05, 3.63) is 108 Å². The molecule has 218 valence electrons. The summed E-state index contributed by atoms with van der Waals surface area (Å²) in [6, 6.07) is 22.0. The standard InChI is InChI=1S/C30H31N5O6S/c1-2-15-39-30(38)31-17-20-3-9-23(10-4-20)28-40-26(16-27(41-28)22-7-5-21(18-36)6-8-22)19-42-29-32-33-34-35(29)24-11-13-25(37)14-12-24/h2-14,26-28,36-37H,1,15-19H2,(H,31,38)/t26-,27+,28+/m0/s1. The lowest BCUT2D eigenvalue weighted by Crippen LogP contribution is -2.31. The molecule has 0 saturated carbocycles. The number of tetrazole rings is 1. The highest BCUT2D eigenvalue weighted by atomic mass is 32.2. The first-order valence-corrected chi connectivity index (χ1v) is 14.3. The molecule has 3 N–H and O–H groups in total. The van der Waals surface area contributed by atoms with Gasteiger partial charge in [0.05, 0.1) is 24.5 Å². The molecule has 1 aliphatic rings. The van der Waals surface area contributed by atoms with E-state index in [2.05, 4.69) is 27.4 Å². The van der Waals surface area contributed by atoms with Crippen molar-refractivity contribution in [2.45, 2.75) is 43.2 Å². The molecule has 0 unspecified atom stereocenters. The summed E-state index contributed by atoms with van der Waals surface area (Å²) < 4.78 is 19.4. The third kappa shape index (κ3) is 7.53. The van der Waals surface area contributed by atoms with Crippen LogP contribution in [0.2, 0.25) is 0 Å². The summed E-state index contributed by atoms with van der Waals surface area (Å²) in [4.78, 5) is 11.7. The number of aliphatic hydroxyl groups excluding tert-OH is 1. The zero-order valence-electron chi connectivity index (χ0n) is 22.7. The Morgan fingerprint density at radius 3 is 2.48 bits per heavy atom. The summed E-state index contributed by atoms with van der Waals surface area (Å²) >= 11 is 1.47. The molecule has 4 aromatic rings. The van der Waals surface area contributed by atoms with E-state index in [0.29, 0.717) is 23.9 Å². The van der Waals surface area contributed by atoms with Crippen molar-refractivity contribution in [3.63, 3.8) is 0 Å². The number of nitrogens with zero attached hydrogens (tertiary/aromatic N) is 4. The van der Waals surface area contributed by atoms with Gasteiger partial charge in [-0.25, -0.2) is 4.79 Å². The number of nitrogens with one attached hydrogen (secondary N) is 1. The van der Waals surface area contributed by atoms with Crippen molar-refractivity contribution < 1.29 is 29.2 Å². The Morgan fingerprint density at radius 1 is 1.05 bits per heavy atom. The second-order valence-electron chi connectivity index (χ2n) is 9.53. The van der Waals surface area contributed by atoms with E-state index in [0.717, 1.165) is 27.9 Å². The molecule has 3 atom stereocenters. The average molecular weight is 590 g/mol. The van der Waals surface area contributed by atoms with E-state index in [9.17, 15) is 15.0 Å². The lowest BCUT2D eigenvalue weighted by Gasteiger charge is -2.36. The highest BCUT2D eigenvalue weighted by molar-refractivity contribution is 7.99. The SMILES string of the molecule is C=CCOC(=O)NCc1ccc([C@@H]2O[C@H](CSc3nnnn3-c3ccc(O)cc3)C[C@H](c3ccc(CO)cc3)O2)cc1. The van der Waals surface area contributed by atoms with Crippen LogP contribution >= 0.6 is 11.8 Å². The van der Waals surface area contributed by atoms with Gasteiger partial charge in [0.1, 0.15) is 12.4 Å². The molecular weight excluding hydrogens is 558 g/mol. The van der Waals surface area contributed by atoms with Crippen LogP contribution in [0.1, 0.15) is 41.1 Å². The minimum Gasteiger partial charge on any atom is -0.508 e. The van der Waals surface area contributed by atoms with Crippen molar-refractivity contribution >= 4 is 17.9 Å². The van der Waals surface area contributed by atoms with E-state index in [1.165, 1.54) is 17.8 Å². The van der Waals surface area contributed by atoms with Crippen LogP contribution in [-0.4, -0.2) is 55.0 Å². The van der Waals surface area contributed by atoms with Gasteiger partial charge in [0.25, 0.3) is 0 Å². The quantitative estimate of drug-likeness (QED) is 0.168. The van der Waals surface area contributed by atoms with Gasteiger partial charge in [-0.3, -0.25) is 0 Å². The number of carbonyl (C=O) groups excluding carboxylic acids is 1. The number of hydrogen-bond donors (Lipinski definition) is 3. The fraction of sp³-hybridized carbons (Fsp3) is 0.267. The molecule has 0 bridgehead atoms. The van der Waals surface area contributed by atoms with Crippen molar-refractivity contribution in [1.29, 1.82) is 0 Å². The van der Waals surface area contributed by atoms with E-state index in [1.54, 1.807) is 28.9 Å². The van der Waals surface area contributed by atoms with Crippen LogP contribution in [-0.2, 0) is 27.4 Å². The topological polar surface area (TPSA) is 141 Å². The highest BCUT2D eigenvalue weighted by Crippen LogP contribution is 2.39. The van der Waals surface area contributed by atoms with Crippen molar-refractivity contribution in [3.8, 4) is 11.4 Å². The molecule has 5 rings (SSSR count). The van der Waals surface area contributed by atoms with Crippen LogP contribution in [0.5, 0.6) is 5.75 Å². The third-order valence-corrected chi connectivity index (χ3v) is 7.62. The zero-order chi connectivity index (χ0) is 29.3. The Hall–Kier alpha value is -4.23. The molecule has 0 spiro atoms. The number of amides is 1. The number of phenols is 1. The summed E-state index contributed by atoms with van der Waals surface area (Å²) in [7, 11) is 0. The fourth-order valence-corrected chi connectivity index (χ4v) is 5.28. The smallest absolute Gasteiger partial charge is 0.407 e. The van der Waals surface area contributed by atoms with Crippen LogP contribution in [0.4, 0.5) is 4.79 Å². The number of benzene rings is 3. The number of phenolic OH excluding ortho intramolecular Hbond substituents is 1. The Bertz CT molecular complexity index is 1460. The summed E-state index contributed by atoms with van der Waals surface area (Å²) in [5, 5.41) is 34.5. The van der Waals surface area contributed by atoms with Crippen LogP contribution < -0.4 is 5.32 Å². The third-order valence-electron chi connectivity index (χ3n) is 6.57. The lowest BCUT2D eigenvalue weighted by molar-refractivity contribution is -0.245. The zero-order valence-corrected chi connectivity index (χ0v) is 23.5. The lowest BCUT2D eigenvalue weighted by atomic mass is 10.0. The minimum absolute atomic E-state index is 0.0280. The molecule has 2 heterocycles. The van der Waals surface area contributed by atoms with Gasteiger partial charge in [-0.1, -0.05) is 72.9 Å². The van der Waals surface area contributed by atoms with E-state index >= 15 is 0 Å². The number of aromatic nitrogens is 4. The number of aliphatic hydroxyl groups is 1. The maximum Gasteiger partial charge on any atom is 0.407 e. The second-order valence-corrected chi connectivity index (χ2v) is 10.5. The number of aromatic hydroxyl groups is 1. The van der Waals surface area contributed by atoms with E-state index in [-0.39, 0.29) is 31.2 Å². The molecule has 0 radical (unpaired) electrons. The van der Waals surface area contributed by atoms with Gasteiger partial charge < -0.3 is 29.7 Å². The molecular formula is C30H31N5O6S. The Balaban J connectivity index is 1.29. The molecule has 42 heavy (non-hydrogen) atoms. The fourth-order valence-electron chi connectivity index (χ4n) is 4.37. The summed E-state index contributed by atoms with van der Waals surface area (Å²) in [5.41, 5.74) is 4.29. The van der Waals surface area contributed by atoms with Gasteiger partial charge in [-0.2, -0.15) is 4.68 Å². The minimum atomic E-state index is -0.625. The number of ether oxygens (including phenoxy) is 3. The number of rotatable bonds is 11. The first kappa shape index (κ1) is 29.3. The predicted molar refractivity (Wildman–Crippen MR) is 155 cm³/mol. The van der Waals surface area contributed by atoms with Crippen LogP contribution in [0, 0.1) is 0 Å². The molecule has 1 aliphatic heterocycles. The molecule has 1 amide bonds. The van der Waals surface area contributed by atoms with Crippen molar-refractivity contribution in [2.24, 2.45) is 0 Å². The van der Waals surface area contributed by atoms with Gasteiger partial charge in [0.2, 0.25) is 5.16 Å². The van der Waals surface area contributed by atoms with E-state index in [1.807, 2.05) is 48.5 Å². The maximum absolute atomic E-state index is 11.7. The van der Waals surface area contributed by atoms with Gasteiger partial charge in [0, 0.05) is 24.3 Å². The second kappa shape index (κ2) is 14.1. The van der Waals surface area contributed by atoms with Gasteiger partial charge >= 0.3 is 6.09 Å². The number of carbonyl (C=O) groups is 1. The molecule has 1 fully saturated rings. The molecule has 3 aromatic carbocycles. The molecule has 1 saturated heterocycles. The summed E-state index contributed by atoms with van der Waals surface area (Å²) in [5.74, 6) is 0.731. The van der Waals surface area contributed by atoms with Crippen LogP contribution in [0.15, 0.2) is 90.6 Å². The Kier molecular flexibility index (Phi) is 9.82.